The average molecular weight is 488 g/mol. The molecule has 1 saturated carbocycles. The van der Waals surface area contributed by atoms with E-state index in [1.54, 1.807) is 12.1 Å². The Morgan fingerprint density at radius 1 is 1.00 bits per heavy atom. The minimum Gasteiger partial charge on any atom is -0.341 e. The number of nitrogens with zero attached hydrogens (tertiary/aromatic N) is 6. The molecule has 9 nitrogen and oxygen atoms in total. The van der Waals surface area contributed by atoms with Crippen LogP contribution in [0.25, 0.3) is 0 Å². The monoisotopic (exact) mass is 487 g/mol. The summed E-state index contributed by atoms with van der Waals surface area (Å²) >= 11 is 1.48. The van der Waals surface area contributed by atoms with Crippen molar-refractivity contribution in [3.8, 4) is 0 Å². The zero-order chi connectivity index (χ0) is 23.5. The number of aromatic nitrogens is 3. The van der Waals surface area contributed by atoms with Gasteiger partial charge in [-0.3, -0.25) is 19.1 Å². The molecule has 2 saturated heterocycles. The molecule has 0 unspecified atom stereocenters. The van der Waals surface area contributed by atoms with Crippen LogP contribution in [-0.4, -0.2) is 87.9 Å². The number of carbonyl (C=O) groups excluding carboxylic acids is 2. The van der Waals surface area contributed by atoms with E-state index in [9.17, 15) is 14.0 Å². The number of hydrogen-bond donors (Lipinski definition) is 1. The summed E-state index contributed by atoms with van der Waals surface area (Å²) in [5.41, 5.74) is 0.573. The van der Waals surface area contributed by atoms with Crippen LogP contribution >= 0.6 is 11.8 Å². The molecular weight excluding hydrogens is 457 g/mol. The SMILES string of the molecule is O=C(CN1CCN(C(=O)CSc2nnc(N3CCCC3)n2C2CC2)CC1)Nc1ccc(F)cc1. The van der Waals surface area contributed by atoms with Gasteiger partial charge in [-0.05, 0) is 49.9 Å². The van der Waals surface area contributed by atoms with Crippen molar-refractivity contribution < 1.29 is 14.0 Å². The summed E-state index contributed by atoms with van der Waals surface area (Å²) in [7, 11) is 0. The lowest BCUT2D eigenvalue weighted by atomic mass is 10.3. The predicted molar refractivity (Wildman–Crippen MR) is 129 cm³/mol. The highest BCUT2D eigenvalue weighted by Crippen LogP contribution is 2.41. The molecule has 3 aliphatic rings. The van der Waals surface area contributed by atoms with Gasteiger partial charge in [0.1, 0.15) is 5.82 Å². The number of amides is 2. The minimum absolute atomic E-state index is 0.0912. The molecule has 3 fully saturated rings. The van der Waals surface area contributed by atoms with E-state index in [1.807, 2.05) is 9.80 Å². The summed E-state index contributed by atoms with van der Waals surface area (Å²) in [6.45, 7) is 4.78. The summed E-state index contributed by atoms with van der Waals surface area (Å²) in [5, 5.41) is 12.5. The molecule has 1 aromatic carbocycles. The first-order valence-corrected chi connectivity index (χ1v) is 12.9. The Balaban J connectivity index is 1.08. The first-order chi connectivity index (χ1) is 16.6. The maximum Gasteiger partial charge on any atom is 0.238 e. The van der Waals surface area contributed by atoms with E-state index < -0.39 is 0 Å². The van der Waals surface area contributed by atoms with Crippen LogP contribution in [0.1, 0.15) is 31.7 Å². The van der Waals surface area contributed by atoms with Gasteiger partial charge in [-0.25, -0.2) is 4.39 Å². The first kappa shape index (κ1) is 23.1. The zero-order valence-corrected chi connectivity index (χ0v) is 20.0. The van der Waals surface area contributed by atoms with Crippen molar-refractivity contribution in [2.24, 2.45) is 0 Å². The van der Waals surface area contributed by atoms with Crippen molar-refractivity contribution in [3.05, 3.63) is 30.1 Å². The molecule has 2 amide bonds. The summed E-state index contributed by atoms with van der Waals surface area (Å²) in [6.07, 6.45) is 4.69. The topological polar surface area (TPSA) is 86.6 Å². The molecule has 3 heterocycles. The van der Waals surface area contributed by atoms with Crippen molar-refractivity contribution in [2.75, 3.05) is 61.8 Å². The molecule has 0 spiro atoms. The molecule has 11 heteroatoms. The van der Waals surface area contributed by atoms with E-state index in [4.69, 9.17) is 0 Å². The number of piperazine rings is 1. The normalized spacial score (nSPS) is 19.0. The highest BCUT2D eigenvalue weighted by atomic mass is 32.2. The third-order valence-electron chi connectivity index (χ3n) is 6.49. The average Bonchev–Trinajstić information content (AvgIpc) is 3.35. The lowest BCUT2D eigenvalue weighted by Gasteiger charge is -2.34. The first-order valence-electron chi connectivity index (χ1n) is 11.9. The third kappa shape index (κ3) is 5.52. The van der Waals surface area contributed by atoms with Crippen molar-refractivity contribution in [1.82, 2.24) is 24.6 Å². The van der Waals surface area contributed by atoms with Crippen LogP contribution in [0.2, 0.25) is 0 Å². The number of nitrogens with one attached hydrogen (secondary N) is 1. The van der Waals surface area contributed by atoms with Crippen molar-refractivity contribution in [1.29, 1.82) is 0 Å². The number of anilines is 2. The van der Waals surface area contributed by atoms with E-state index in [-0.39, 0.29) is 24.2 Å². The number of hydrogen-bond acceptors (Lipinski definition) is 7. The van der Waals surface area contributed by atoms with E-state index >= 15 is 0 Å². The van der Waals surface area contributed by atoms with Crippen molar-refractivity contribution in [2.45, 2.75) is 36.9 Å². The lowest BCUT2D eigenvalue weighted by molar-refractivity contribution is -0.130. The third-order valence-corrected chi connectivity index (χ3v) is 7.42. The van der Waals surface area contributed by atoms with Gasteiger partial charge >= 0.3 is 0 Å². The quantitative estimate of drug-likeness (QED) is 0.572. The van der Waals surface area contributed by atoms with Gasteiger partial charge in [0, 0.05) is 51.0 Å². The van der Waals surface area contributed by atoms with Gasteiger partial charge < -0.3 is 15.1 Å². The van der Waals surface area contributed by atoms with Gasteiger partial charge in [0.05, 0.1) is 12.3 Å². The molecule has 2 aliphatic heterocycles. The van der Waals surface area contributed by atoms with Crippen LogP contribution < -0.4 is 10.2 Å². The summed E-state index contributed by atoms with van der Waals surface area (Å²) < 4.78 is 15.2. The molecule has 0 atom stereocenters. The molecule has 2 aromatic rings. The molecule has 1 aromatic heterocycles. The number of thioether (sulfide) groups is 1. The number of halogens is 1. The van der Waals surface area contributed by atoms with E-state index in [0.29, 0.717) is 43.7 Å². The maximum atomic E-state index is 13.0. The zero-order valence-electron chi connectivity index (χ0n) is 19.2. The maximum absolute atomic E-state index is 13.0. The fourth-order valence-electron chi connectivity index (χ4n) is 4.46. The second kappa shape index (κ2) is 10.3. The summed E-state index contributed by atoms with van der Waals surface area (Å²) in [4.78, 5) is 31.3. The molecule has 1 aliphatic carbocycles. The second-order valence-corrected chi connectivity index (χ2v) is 10.0. The Morgan fingerprint density at radius 2 is 1.71 bits per heavy atom. The lowest BCUT2D eigenvalue weighted by Crippen LogP contribution is -2.50. The van der Waals surface area contributed by atoms with E-state index in [0.717, 1.165) is 37.0 Å². The van der Waals surface area contributed by atoms with Gasteiger partial charge in [-0.15, -0.1) is 10.2 Å². The molecule has 0 bridgehead atoms. The van der Waals surface area contributed by atoms with Crippen LogP contribution in [0.15, 0.2) is 29.4 Å². The Morgan fingerprint density at radius 3 is 2.38 bits per heavy atom. The fraction of sp³-hybridized carbons (Fsp3) is 0.565. The van der Waals surface area contributed by atoms with Crippen LogP contribution in [0.5, 0.6) is 0 Å². The number of carbonyl (C=O) groups is 2. The predicted octanol–water partition coefficient (Wildman–Crippen LogP) is 2.23. The van der Waals surface area contributed by atoms with Crippen molar-refractivity contribution in [3.63, 3.8) is 0 Å². The van der Waals surface area contributed by atoms with E-state index in [1.165, 1.54) is 36.7 Å². The molecule has 34 heavy (non-hydrogen) atoms. The van der Waals surface area contributed by atoms with Gasteiger partial charge in [0.25, 0.3) is 0 Å². The second-order valence-electron chi connectivity index (χ2n) is 9.08. The van der Waals surface area contributed by atoms with Crippen LogP contribution in [0.3, 0.4) is 0 Å². The van der Waals surface area contributed by atoms with Crippen LogP contribution in [0, 0.1) is 5.82 Å². The van der Waals surface area contributed by atoms with Gasteiger partial charge in [-0.1, -0.05) is 11.8 Å². The number of rotatable bonds is 8. The van der Waals surface area contributed by atoms with Crippen LogP contribution in [0.4, 0.5) is 16.0 Å². The van der Waals surface area contributed by atoms with Gasteiger partial charge in [0.15, 0.2) is 5.16 Å². The molecule has 182 valence electrons. The Bertz CT molecular complexity index is 1010. The highest BCUT2D eigenvalue weighted by Gasteiger charge is 2.33. The fourth-order valence-corrected chi connectivity index (χ4v) is 5.37. The standard InChI is InChI=1S/C23H30FN7O2S/c24-17-3-5-18(6-4-17)25-20(32)15-28-11-13-29(14-12-28)21(33)16-34-23-27-26-22(30-9-1-2-10-30)31(23)19-7-8-19/h3-6,19H,1-2,7-16H2,(H,25,32). The van der Waals surface area contributed by atoms with Gasteiger partial charge in [-0.2, -0.15) is 0 Å². The van der Waals surface area contributed by atoms with Gasteiger partial charge in [0.2, 0.25) is 17.8 Å². The molecule has 5 rings (SSSR count). The minimum atomic E-state index is -0.336. The summed E-state index contributed by atoms with van der Waals surface area (Å²) in [5.74, 6) is 0.915. The largest absolute Gasteiger partial charge is 0.341 e. The summed E-state index contributed by atoms with van der Waals surface area (Å²) in [6, 6.07) is 6.18. The molecule has 0 radical (unpaired) electrons. The number of benzene rings is 1. The van der Waals surface area contributed by atoms with Crippen LogP contribution in [-0.2, 0) is 9.59 Å². The Labute approximate surface area is 202 Å². The Hall–Kier alpha value is -2.66. The smallest absolute Gasteiger partial charge is 0.238 e. The molecule has 1 N–H and O–H groups in total. The van der Waals surface area contributed by atoms with Crippen molar-refractivity contribution >= 4 is 35.2 Å². The highest BCUT2D eigenvalue weighted by molar-refractivity contribution is 7.99. The Kier molecular flexibility index (Phi) is 7.00. The van der Waals surface area contributed by atoms with E-state index in [2.05, 4.69) is 25.0 Å². The molecular formula is C23H30FN7O2S.